The van der Waals surface area contributed by atoms with E-state index in [2.05, 4.69) is 10.3 Å². The number of sulfonamides is 1. The zero-order valence-electron chi connectivity index (χ0n) is 12.8. The van der Waals surface area contributed by atoms with Gasteiger partial charge in [-0.1, -0.05) is 6.07 Å². The van der Waals surface area contributed by atoms with Gasteiger partial charge in [0.2, 0.25) is 10.0 Å². The third-order valence-electron chi connectivity index (χ3n) is 3.89. The number of halogens is 2. The van der Waals surface area contributed by atoms with E-state index in [4.69, 9.17) is 0 Å². The maximum Gasteiger partial charge on any atom is 0.235 e. The van der Waals surface area contributed by atoms with E-state index in [9.17, 15) is 12.8 Å². The molecule has 2 aliphatic heterocycles. The molecule has 2 heterocycles. The molecule has 1 fully saturated rings. The van der Waals surface area contributed by atoms with Crippen LogP contribution in [0.5, 0.6) is 0 Å². The molecule has 0 unspecified atom stereocenters. The van der Waals surface area contributed by atoms with Crippen molar-refractivity contribution < 1.29 is 12.8 Å². The van der Waals surface area contributed by atoms with Crippen molar-refractivity contribution in [2.75, 3.05) is 36.7 Å². The Labute approximate surface area is 152 Å². The average molecular weight is 454 g/mol. The lowest BCUT2D eigenvalue weighted by Crippen LogP contribution is -2.35. The maximum atomic E-state index is 14.2. The Hall–Kier alpha value is -1.10. The van der Waals surface area contributed by atoms with Crippen LogP contribution in [0.1, 0.15) is 12.0 Å². The van der Waals surface area contributed by atoms with Gasteiger partial charge in [0.1, 0.15) is 5.82 Å². The second-order valence-corrected chi connectivity index (χ2v) is 7.52. The molecule has 2 aliphatic rings. The van der Waals surface area contributed by atoms with E-state index >= 15 is 0 Å². The lowest BCUT2D eigenvalue weighted by Gasteiger charge is -2.19. The SMILES string of the molecule is CN1CCN=C1NCc1ccc(N2CCCS2(=O)=O)c(F)c1.I. The van der Waals surface area contributed by atoms with Crippen LogP contribution in [0.15, 0.2) is 23.2 Å². The van der Waals surface area contributed by atoms with Crippen molar-refractivity contribution in [1.29, 1.82) is 0 Å². The molecule has 0 aromatic heterocycles. The molecule has 0 saturated carbocycles. The molecule has 0 aliphatic carbocycles. The van der Waals surface area contributed by atoms with Gasteiger partial charge in [-0.15, -0.1) is 24.0 Å². The fraction of sp³-hybridized carbons (Fsp3) is 0.500. The number of benzene rings is 1. The molecular formula is C14H20FIN4O2S. The number of likely N-dealkylation sites (N-methyl/N-ethyl adjacent to an activating group) is 1. The molecular weight excluding hydrogens is 434 g/mol. The molecule has 0 bridgehead atoms. The van der Waals surface area contributed by atoms with Crippen LogP contribution in [0.4, 0.5) is 10.1 Å². The zero-order chi connectivity index (χ0) is 15.7. The number of hydrogen-bond acceptors (Lipinski definition) is 5. The van der Waals surface area contributed by atoms with Crippen molar-refractivity contribution in [3.63, 3.8) is 0 Å². The van der Waals surface area contributed by atoms with Crippen molar-refractivity contribution in [1.82, 2.24) is 10.2 Å². The molecule has 0 spiro atoms. The van der Waals surface area contributed by atoms with Gasteiger partial charge < -0.3 is 10.2 Å². The van der Waals surface area contributed by atoms with Gasteiger partial charge in [-0.3, -0.25) is 9.30 Å². The van der Waals surface area contributed by atoms with Crippen LogP contribution in [0.25, 0.3) is 0 Å². The third kappa shape index (κ3) is 3.87. The van der Waals surface area contributed by atoms with Gasteiger partial charge in [0, 0.05) is 26.7 Å². The van der Waals surface area contributed by atoms with Crippen LogP contribution in [0.2, 0.25) is 0 Å². The van der Waals surface area contributed by atoms with Crippen molar-refractivity contribution >= 4 is 45.6 Å². The van der Waals surface area contributed by atoms with Crippen molar-refractivity contribution in [2.24, 2.45) is 4.99 Å². The van der Waals surface area contributed by atoms with Crippen LogP contribution in [0.3, 0.4) is 0 Å². The van der Waals surface area contributed by atoms with Gasteiger partial charge in [0.05, 0.1) is 18.0 Å². The van der Waals surface area contributed by atoms with E-state index in [1.165, 1.54) is 12.1 Å². The molecule has 128 valence electrons. The van der Waals surface area contributed by atoms with Gasteiger partial charge in [-0.05, 0) is 24.1 Å². The Balaban J connectivity index is 0.00000192. The standard InChI is InChI=1S/C14H19FN4O2S.HI/c1-18-7-5-16-14(18)17-10-11-3-4-13(12(15)9-11)19-6-2-8-22(19,20)21;/h3-4,9H,2,5-8,10H2,1H3,(H,16,17);1H. The van der Waals surface area contributed by atoms with E-state index in [1.807, 2.05) is 11.9 Å². The van der Waals surface area contributed by atoms with E-state index in [-0.39, 0.29) is 35.4 Å². The van der Waals surface area contributed by atoms with Gasteiger partial charge in [0.25, 0.3) is 0 Å². The summed E-state index contributed by atoms with van der Waals surface area (Å²) in [5, 5.41) is 3.16. The average Bonchev–Trinajstić information content (AvgIpc) is 3.02. The normalized spacial score (nSPS) is 19.5. The van der Waals surface area contributed by atoms with Crippen molar-refractivity contribution in [3.05, 3.63) is 29.6 Å². The summed E-state index contributed by atoms with van der Waals surface area (Å²) >= 11 is 0. The summed E-state index contributed by atoms with van der Waals surface area (Å²) in [4.78, 5) is 6.31. The summed E-state index contributed by atoms with van der Waals surface area (Å²) in [6.45, 7) is 2.44. The van der Waals surface area contributed by atoms with Gasteiger partial charge in [0.15, 0.2) is 5.96 Å². The predicted octanol–water partition coefficient (Wildman–Crippen LogP) is 1.37. The Morgan fingerprint density at radius 3 is 2.70 bits per heavy atom. The minimum Gasteiger partial charge on any atom is -0.352 e. The second-order valence-electron chi connectivity index (χ2n) is 5.51. The lowest BCUT2D eigenvalue weighted by molar-refractivity contribution is 0.533. The Bertz CT molecular complexity index is 711. The largest absolute Gasteiger partial charge is 0.352 e. The minimum absolute atomic E-state index is 0. The smallest absolute Gasteiger partial charge is 0.235 e. The number of hydrogen-bond donors (Lipinski definition) is 1. The molecule has 1 aromatic carbocycles. The maximum absolute atomic E-state index is 14.2. The highest BCUT2D eigenvalue weighted by atomic mass is 127. The molecule has 0 atom stereocenters. The van der Waals surface area contributed by atoms with E-state index < -0.39 is 15.8 Å². The summed E-state index contributed by atoms with van der Waals surface area (Å²) < 4.78 is 39.1. The number of nitrogens with zero attached hydrogens (tertiary/aromatic N) is 3. The summed E-state index contributed by atoms with van der Waals surface area (Å²) in [7, 11) is -1.41. The Morgan fingerprint density at radius 2 is 2.13 bits per heavy atom. The fourth-order valence-electron chi connectivity index (χ4n) is 2.68. The summed E-state index contributed by atoms with van der Waals surface area (Å²) in [6.07, 6.45) is 0.539. The summed E-state index contributed by atoms with van der Waals surface area (Å²) in [5.41, 5.74) is 0.886. The van der Waals surface area contributed by atoms with Crippen LogP contribution in [-0.2, 0) is 16.6 Å². The van der Waals surface area contributed by atoms with Gasteiger partial charge >= 0.3 is 0 Å². The fourth-order valence-corrected chi connectivity index (χ4v) is 4.25. The Kier molecular flexibility index (Phi) is 5.71. The Morgan fingerprint density at radius 1 is 1.35 bits per heavy atom. The summed E-state index contributed by atoms with van der Waals surface area (Å²) in [5.74, 6) is 0.375. The first-order chi connectivity index (χ1) is 10.5. The van der Waals surface area contributed by atoms with Crippen molar-refractivity contribution in [3.8, 4) is 0 Å². The molecule has 1 saturated heterocycles. The van der Waals surface area contributed by atoms with Crippen LogP contribution >= 0.6 is 24.0 Å². The van der Waals surface area contributed by atoms with Gasteiger partial charge in [-0.25, -0.2) is 12.8 Å². The number of aliphatic imine (C=N–C) groups is 1. The monoisotopic (exact) mass is 454 g/mol. The topological polar surface area (TPSA) is 65.0 Å². The predicted molar refractivity (Wildman–Crippen MR) is 99.3 cm³/mol. The van der Waals surface area contributed by atoms with E-state index in [0.29, 0.717) is 19.5 Å². The minimum atomic E-state index is -3.36. The molecule has 1 aromatic rings. The third-order valence-corrected chi connectivity index (χ3v) is 5.74. The molecule has 6 nitrogen and oxygen atoms in total. The van der Waals surface area contributed by atoms with Crippen LogP contribution in [0, 0.1) is 5.82 Å². The summed E-state index contributed by atoms with van der Waals surface area (Å²) in [6, 6.07) is 4.66. The highest BCUT2D eigenvalue weighted by molar-refractivity contribution is 14.0. The number of anilines is 1. The highest BCUT2D eigenvalue weighted by Gasteiger charge is 2.30. The first-order valence-electron chi connectivity index (χ1n) is 7.26. The second kappa shape index (κ2) is 7.20. The molecule has 0 amide bonds. The molecule has 3 rings (SSSR count). The molecule has 0 radical (unpaired) electrons. The van der Waals surface area contributed by atoms with Crippen LogP contribution in [-0.4, -0.2) is 51.7 Å². The van der Waals surface area contributed by atoms with Crippen molar-refractivity contribution in [2.45, 2.75) is 13.0 Å². The molecule has 9 heteroatoms. The molecule has 23 heavy (non-hydrogen) atoms. The molecule has 1 N–H and O–H groups in total. The van der Waals surface area contributed by atoms with Gasteiger partial charge in [-0.2, -0.15) is 0 Å². The first-order valence-corrected chi connectivity index (χ1v) is 8.86. The lowest BCUT2D eigenvalue weighted by atomic mass is 10.2. The highest BCUT2D eigenvalue weighted by Crippen LogP contribution is 2.27. The zero-order valence-corrected chi connectivity index (χ0v) is 16.0. The number of nitrogens with one attached hydrogen (secondary N) is 1. The first kappa shape index (κ1) is 18.2. The number of guanidine groups is 1. The number of rotatable bonds is 3. The quantitative estimate of drug-likeness (QED) is 0.702. The van der Waals surface area contributed by atoms with E-state index in [0.717, 1.165) is 28.9 Å². The van der Waals surface area contributed by atoms with Crippen LogP contribution < -0.4 is 9.62 Å². The van der Waals surface area contributed by atoms with E-state index in [1.54, 1.807) is 6.07 Å².